The second-order valence-electron chi connectivity index (χ2n) is 8.48. The predicted octanol–water partition coefficient (Wildman–Crippen LogP) is 1.69. The normalized spacial score (nSPS) is 19.3. The van der Waals surface area contributed by atoms with Crippen LogP contribution in [0.15, 0.2) is 12.1 Å². The lowest BCUT2D eigenvalue weighted by Crippen LogP contribution is -2.51. The molecule has 1 saturated carbocycles. The van der Waals surface area contributed by atoms with Crippen molar-refractivity contribution in [2.45, 2.75) is 52.6 Å². The maximum atomic E-state index is 12.5. The molecule has 1 aromatic carbocycles. The number of benzene rings is 1. The number of rotatable bonds is 7. The van der Waals surface area contributed by atoms with Gasteiger partial charge in [0, 0.05) is 32.2 Å². The largest absolute Gasteiger partial charge is 0.352 e. The van der Waals surface area contributed by atoms with Gasteiger partial charge in [-0.05, 0) is 62.8 Å². The predicted molar refractivity (Wildman–Crippen MR) is 111 cm³/mol. The van der Waals surface area contributed by atoms with Crippen LogP contribution in [0.2, 0.25) is 0 Å². The van der Waals surface area contributed by atoms with Gasteiger partial charge < -0.3 is 10.6 Å². The van der Waals surface area contributed by atoms with E-state index in [1.54, 1.807) is 0 Å². The highest BCUT2D eigenvalue weighted by Crippen LogP contribution is 2.21. The average Bonchev–Trinajstić information content (AvgIpc) is 3.43. The van der Waals surface area contributed by atoms with E-state index in [1.807, 2.05) is 6.92 Å². The third kappa shape index (κ3) is 5.79. The molecule has 0 radical (unpaired) electrons. The zero-order chi connectivity index (χ0) is 20.3. The fourth-order valence-corrected chi connectivity index (χ4v) is 3.83. The van der Waals surface area contributed by atoms with E-state index in [4.69, 9.17) is 0 Å². The monoisotopic (exact) mass is 386 g/mol. The van der Waals surface area contributed by atoms with Gasteiger partial charge in [-0.1, -0.05) is 12.1 Å². The molecule has 28 heavy (non-hydrogen) atoms. The van der Waals surface area contributed by atoms with Crippen LogP contribution in [0.1, 0.15) is 48.1 Å². The van der Waals surface area contributed by atoms with Crippen molar-refractivity contribution < 1.29 is 9.59 Å². The van der Waals surface area contributed by atoms with E-state index in [-0.39, 0.29) is 17.9 Å². The standard InChI is InChI=1S/C22H34N4O2/c1-15-11-17(3)20(12-16(15)2)18(4)23-21(27)13-25-7-9-26(10-8-25)14-22(28)24-19-5-6-19/h11-12,18-19H,5-10,13-14H2,1-4H3,(H,23,27)(H,24,28). The zero-order valence-corrected chi connectivity index (χ0v) is 17.7. The summed E-state index contributed by atoms with van der Waals surface area (Å²) in [6.07, 6.45) is 2.24. The van der Waals surface area contributed by atoms with Gasteiger partial charge in [0.25, 0.3) is 0 Å². The summed E-state index contributed by atoms with van der Waals surface area (Å²) in [5, 5.41) is 6.18. The second kappa shape index (κ2) is 9.05. The second-order valence-corrected chi connectivity index (χ2v) is 8.48. The molecule has 1 unspecified atom stereocenters. The Morgan fingerprint density at radius 1 is 0.929 bits per heavy atom. The first-order valence-electron chi connectivity index (χ1n) is 10.4. The van der Waals surface area contributed by atoms with Crippen LogP contribution in [-0.4, -0.2) is 66.9 Å². The van der Waals surface area contributed by atoms with Crippen LogP contribution >= 0.6 is 0 Å². The van der Waals surface area contributed by atoms with Gasteiger partial charge in [-0.2, -0.15) is 0 Å². The SMILES string of the molecule is Cc1cc(C)c(C(C)NC(=O)CN2CCN(CC(=O)NC3CC3)CC2)cc1C. The maximum Gasteiger partial charge on any atom is 0.234 e. The van der Waals surface area contributed by atoms with Gasteiger partial charge in [0.2, 0.25) is 11.8 Å². The summed E-state index contributed by atoms with van der Waals surface area (Å²) in [6.45, 7) is 12.6. The van der Waals surface area contributed by atoms with Crippen molar-refractivity contribution in [1.29, 1.82) is 0 Å². The number of piperazine rings is 1. The van der Waals surface area contributed by atoms with Crippen molar-refractivity contribution in [3.05, 3.63) is 34.4 Å². The third-order valence-corrected chi connectivity index (χ3v) is 5.87. The molecule has 0 spiro atoms. The lowest BCUT2D eigenvalue weighted by atomic mass is 9.96. The van der Waals surface area contributed by atoms with E-state index in [2.05, 4.69) is 53.3 Å². The van der Waals surface area contributed by atoms with Gasteiger partial charge in [0.1, 0.15) is 0 Å². The minimum Gasteiger partial charge on any atom is -0.352 e. The van der Waals surface area contributed by atoms with Crippen LogP contribution in [0.5, 0.6) is 0 Å². The highest BCUT2D eigenvalue weighted by Gasteiger charge is 2.26. The highest BCUT2D eigenvalue weighted by molar-refractivity contribution is 5.79. The first kappa shape index (κ1) is 20.8. The van der Waals surface area contributed by atoms with E-state index in [0.29, 0.717) is 19.1 Å². The van der Waals surface area contributed by atoms with Gasteiger partial charge in [-0.25, -0.2) is 0 Å². The molecule has 1 aliphatic carbocycles. The number of amides is 2. The Bertz CT molecular complexity index is 721. The number of aryl methyl sites for hydroxylation is 3. The Kier molecular flexibility index (Phi) is 6.73. The number of nitrogens with one attached hydrogen (secondary N) is 2. The van der Waals surface area contributed by atoms with Gasteiger partial charge in [-0.15, -0.1) is 0 Å². The summed E-state index contributed by atoms with van der Waals surface area (Å²) in [4.78, 5) is 28.8. The number of hydrogen-bond donors (Lipinski definition) is 2. The quantitative estimate of drug-likeness (QED) is 0.748. The van der Waals surface area contributed by atoms with Crippen molar-refractivity contribution in [2.75, 3.05) is 39.3 Å². The molecule has 6 heteroatoms. The topological polar surface area (TPSA) is 64.7 Å². The van der Waals surface area contributed by atoms with Crippen molar-refractivity contribution >= 4 is 11.8 Å². The number of carbonyl (C=O) groups is 2. The molecule has 1 aliphatic heterocycles. The molecule has 1 atom stereocenters. The molecule has 2 fully saturated rings. The van der Waals surface area contributed by atoms with Gasteiger partial charge in [0.15, 0.2) is 0 Å². The van der Waals surface area contributed by atoms with E-state index < -0.39 is 0 Å². The number of hydrogen-bond acceptors (Lipinski definition) is 4. The van der Waals surface area contributed by atoms with Crippen LogP contribution in [0.25, 0.3) is 0 Å². The first-order chi connectivity index (χ1) is 13.3. The van der Waals surface area contributed by atoms with Crippen molar-refractivity contribution in [1.82, 2.24) is 20.4 Å². The lowest BCUT2D eigenvalue weighted by molar-refractivity contribution is -0.125. The first-order valence-corrected chi connectivity index (χ1v) is 10.4. The molecule has 0 bridgehead atoms. The van der Waals surface area contributed by atoms with Crippen LogP contribution in [0.3, 0.4) is 0 Å². The van der Waals surface area contributed by atoms with Crippen LogP contribution in [-0.2, 0) is 9.59 Å². The highest BCUT2D eigenvalue weighted by atomic mass is 16.2. The summed E-state index contributed by atoms with van der Waals surface area (Å²) in [7, 11) is 0. The maximum absolute atomic E-state index is 12.5. The lowest BCUT2D eigenvalue weighted by Gasteiger charge is -2.34. The molecule has 3 rings (SSSR count). The Morgan fingerprint density at radius 3 is 2.04 bits per heavy atom. The van der Waals surface area contributed by atoms with Crippen LogP contribution < -0.4 is 10.6 Å². The van der Waals surface area contributed by atoms with Crippen molar-refractivity contribution in [3.63, 3.8) is 0 Å². The average molecular weight is 387 g/mol. The van der Waals surface area contributed by atoms with Gasteiger partial charge in [-0.3, -0.25) is 19.4 Å². The Hall–Kier alpha value is -1.92. The molecule has 0 aromatic heterocycles. The molecule has 1 heterocycles. The van der Waals surface area contributed by atoms with Gasteiger partial charge in [0.05, 0.1) is 19.1 Å². The zero-order valence-electron chi connectivity index (χ0n) is 17.7. The smallest absolute Gasteiger partial charge is 0.234 e. The molecule has 6 nitrogen and oxygen atoms in total. The van der Waals surface area contributed by atoms with Crippen molar-refractivity contribution in [3.8, 4) is 0 Å². The summed E-state index contributed by atoms with van der Waals surface area (Å²) < 4.78 is 0. The van der Waals surface area contributed by atoms with E-state index in [9.17, 15) is 9.59 Å². The molecule has 2 aliphatic rings. The van der Waals surface area contributed by atoms with Crippen molar-refractivity contribution in [2.24, 2.45) is 0 Å². The molecule has 2 amide bonds. The molecule has 1 aromatic rings. The Balaban J connectivity index is 1.41. The number of nitrogens with zero attached hydrogens (tertiary/aromatic N) is 2. The summed E-state index contributed by atoms with van der Waals surface area (Å²) in [5.41, 5.74) is 4.93. The molecular formula is C22H34N4O2. The fraction of sp³-hybridized carbons (Fsp3) is 0.636. The van der Waals surface area contributed by atoms with Crippen LogP contribution in [0, 0.1) is 20.8 Å². The molecule has 1 saturated heterocycles. The summed E-state index contributed by atoms with van der Waals surface area (Å²) in [6, 6.07) is 4.78. The van der Waals surface area contributed by atoms with E-state index in [1.165, 1.54) is 22.3 Å². The van der Waals surface area contributed by atoms with E-state index >= 15 is 0 Å². The minimum atomic E-state index is -0.000732. The van der Waals surface area contributed by atoms with Crippen LogP contribution in [0.4, 0.5) is 0 Å². The third-order valence-electron chi connectivity index (χ3n) is 5.87. The summed E-state index contributed by atoms with van der Waals surface area (Å²) >= 11 is 0. The molecule has 154 valence electrons. The van der Waals surface area contributed by atoms with E-state index in [0.717, 1.165) is 39.0 Å². The minimum absolute atomic E-state index is 0.000732. The molecular weight excluding hydrogens is 352 g/mol. The summed E-state index contributed by atoms with van der Waals surface area (Å²) in [5.74, 6) is 0.191. The Morgan fingerprint density at radius 2 is 1.46 bits per heavy atom. The molecule has 2 N–H and O–H groups in total. The van der Waals surface area contributed by atoms with Gasteiger partial charge >= 0.3 is 0 Å². The number of carbonyl (C=O) groups excluding carboxylic acids is 2. The Labute approximate surface area is 168 Å². The fourth-order valence-electron chi connectivity index (χ4n) is 3.83.